The van der Waals surface area contributed by atoms with Crippen LogP contribution in [0.4, 0.5) is 5.69 Å². The number of rotatable bonds is 11. The van der Waals surface area contributed by atoms with Gasteiger partial charge < -0.3 is 15.0 Å². The van der Waals surface area contributed by atoms with Crippen molar-refractivity contribution in [1.29, 1.82) is 0 Å². The average molecular weight is 579 g/mol. The molecule has 11 heteroatoms. The van der Waals surface area contributed by atoms with Gasteiger partial charge in [-0.15, -0.1) is 0 Å². The molecule has 202 valence electrons. The monoisotopic (exact) mass is 577 g/mol. The number of likely N-dealkylation sites (N-methyl/N-ethyl adjacent to an activating group) is 1. The minimum absolute atomic E-state index is 0.113. The van der Waals surface area contributed by atoms with Crippen molar-refractivity contribution < 1.29 is 22.7 Å². The molecule has 0 heterocycles. The summed E-state index contributed by atoms with van der Waals surface area (Å²) < 4.78 is 31.8. The van der Waals surface area contributed by atoms with Gasteiger partial charge in [-0.3, -0.25) is 13.9 Å². The molecule has 0 unspecified atom stereocenters. The normalized spacial score (nSPS) is 11.9. The number of ether oxygens (including phenoxy) is 1. The summed E-state index contributed by atoms with van der Waals surface area (Å²) in [7, 11) is -0.957. The fourth-order valence-electron chi connectivity index (χ4n) is 3.95. The van der Waals surface area contributed by atoms with Gasteiger partial charge in [-0.05, 0) is 29.8 Å². The van der Waals surface area contributed by atoms with E-state index >= 15 is 0 Å². The first-order chi connectivity index (χ1) is 18.0. The van der Waals surface area contributed by atoms with Gasteiger partial charge in [0.25, 0.3) is 0 Å². The van der Waals surface area contributed by atoms with Crippen LogP contribution in [0.2, 0.25) is 10.0 Å². The first-order valence-electron chi connectivity index (χ1n) is 11.6. The Morgan fingerprint density at radius 2 is 1.61 bits per heavy atom. The Bertz CT molecular complexity index is 1370. The van der Waals surface area contributed by atoms with Crippen molar-refractivity contribution in [2.45, 2.75) is 19.0 Å². The molecule has 0 aromatic heterocycles. The second-order valence-electron chi connectivity index (χ2n) is 8.51. The molecule has 8 nitrogen and oxygen atoms in total. The summed E-state index contributed by atoms with van der Waals surface area (Å²) >= 11 is 12.8. The highest BCUT2D eigenvalue weighted by atomic mass is 35.5. The Hall–Kier alpha value is -3.27. The van der Waals surface area contributed by atoms with E-state index in [9.17, 15) is 18.0 Å². The van der Waals surface area contributed by atoms with Crippen molar-refractivity contribution in [2.24, 2.45) is 0 Å². The van der Waals surface area contributed by atoms with Crippen LogP contribution in [0.1, 0.15) is 11.1 Å². The third-order valence-corrected chi connectivity index (χ3v) is 7.78. The summed E-state index contributed by atoms with van der Waals surface area (Å²) in [5.74, 6) is -0.605. The third kappa shape index (κ3) is 7.40. The maximum absolute atomic E-state index is 13.9. The summed E-state index contributed by atoms with van der Waals surface area (Å²) in [4.78, 5) is 28.4. The summed E-state index contributed by atoms with van der Waals surface area (Å²) in [5.41, 5.74) is 1.51. The number of nitrogens with one attached hydrogen (secondary N) is 1. The Balaban J connectivity index is 2.07. The van der Waals surface area contributed by atoms with E-state index in [0.29, 0.717) is 21.4 Å². The summed E-state index contributed by atoms with van der Waals surface area (Å²) in [6.07, 6.45) is 1.20. The Morgan fingerprint density at radius 3 is 2.18 bits per heavy atom. The Kier molecular flexibility index (Phi) is 10.0. The SMILES string of the molecule is CNC(=O)[C@@H](Cc1ccccc1)N(Cc1c(Cl)cccc1Cl)C(=O)CN(c1cccc(OC)c1)S(C)(=O)=O. The van der Waals surface area contributed by atoms with Gasteiger partial charge in [-0.2, -0.15) is 0 Å². The number of carbonyl (C=O) groups excluding carboxylic acids is 2. The second kappa shape index (κ2) is 13.0. The molecule has 3 aromatic rings. The highest BCUT2D eigenvalue weighted by Crippen LogP contribution is 2.28. The lowest BCUT2D eigenvalue weighted by Crippen LogP contribution is -2.53. The first-order valence-corrected chi connectivity index (χ1v) is 14.2. The van der Waals surface area contributed by atoms with Gasteiger partial charge in [0.2, 0.25) is 21.8 Å². The lowest BCUT2D eigenvalue weighted by Gasteiger charge is -2.33. The van der Waals surface area contributed by atoms with E-state index in [4.69, 9.17) is 27.9 Å². The van der Waals surface area contributed by atoms with Crippen molar-refractivity contribution in [3.05, 3.63) is 94.0 Å². The van der Waals surface area contributed by atoms with Gasteiger partial charge >= 0.3 is 0 Å². The maximum atomic E-state index is 13.9. The number of amides is 2. The van der Waals surface area contributed by atoms with Crippen LogP contribution in [0.3, 0.4) is 0 Å². The predicted molar refractivity (Wildman–Crippen MR) is 150 cm³/mol. The van der Waals surface area contributed by atoms with E-state index in [0.717, 1.165) is 16.1 Å². The largest absolute Gasteiger partial charge is 0.497 e. The summed E-state index contributed by atoms with van der Waals surface area (Å²) in [6, 6.07) is 19.6. The van der Waals surface area contributed by atoms with Gasteiger partial charge in [0, 0.05) is 41.7 Å². The van der Waals surface area contributed by atoms with E-state index in [1.54, 1.807) is 36.4 Å². The Labute approximate surface area is 233 Å². The number of hydrogen-bond donors (Lipinski definition) is 1. The highest BCUT2D eigenvalue weighted by Gasteiger charge is 2.33. The molecule has 2 amide bonds. The number of hydrogen-bond acceptors (Lipinski definition) is 5. The molecular formula is C27H29Cl2N3O5S. The fourth-order valence-corrected chi connectivity index (χ4v) is 5.31. The Morgan fingerprint density at radius 1 is 0.974 bits per heavy atom. The molecule has 1 atom stereocenters. The van der Waals surface area contributed by atoms with Crippen molar-refractivity contribution >= 4 is 50.7 Å². The lowest BCUT2D eigenvalue weighted by atomic mass is 10.0. The molecular weight excluding hydrogens is 549 g/mol. The zero-order valence-corrected chi connectivity index (χ0v) is 23.6. The van der Waals surface area contributed by atoms with Crippen LogP contribution in [-0.4, -0.2) is 58.1 Å². The molecule has 1 N–H and O–H groups in total. The number of nitrogens with zero attached hydrogens (tertiary/aromatic N) is 2. The second-order valence-corrected chi connectivity index (χ2v) is 11.2. The van der Waals surface area contributed by atoms with Crippen molar-refractivity contribution in [1.82, 2.24) is 10.2 Å². The van der Waals surface area contributed by atoms with Crippen LogP contribution < -0.4 is 14.4 Å². The third-order valence-electron chi connectivity index (χ3n) is 5.93. The minimum atomic E-state index is -3.89. The van der Waals surface area contributed by atoms with Gasteiger partial charge in [0.15, 0.2) is 0 Å². The molecule has 0 aliphatic rings. The summed E-state index contributed by atoms with van der Waals surface area (Å²) in [5, 5.41) is 3.25. The van der Waals surface area contributed by atoms with Crippen LogP contribution in [-0.2, 0) is 32.6 Å². The average Bonchev–Trinajstić information content (AvgIpc) is 2.90. The van der Waals surface area contributed by atoms with Crippen LogP contribution in [0.25, 0.3) is 0 Å². The van der Waals surface area contributed by atoms with E-state index < -0.39 is 34.4 Å². The molecule has 0 saturated carbocycles. The molecule has 0 radical (unpaired) electrons. The number of sulfonamides is 1. The number of benzene rings is 3. The lowest BCUT2D eigenvalue weighted by molar-refractivity contribution is -0.139. The fraction of sp³-hybridized carbons (Fsp3) is 0.259. The number of methoxy groups -OCH3 is 1. The highest BCUT2D eigenvalue weighted by molar-refractivity contribution is 7.92. The first kappa shape index (κ1) is 29.3. The quantitative estimate of drug-likeness (QED) is 0.369. The van der Waals surface area contributed by atoms with Crippen LogP contribution in [0.15, 0.2) is 72.8 Å². The van der Waals surface area contributed by atoms with Crippen molar-refractivity contribution in [2.75, 3.05) is 31.3 Å². The predicted octanol–water partition coefficient (Wildman–Crippen LogP) is 4.15. The van der Waals surface area contributed by atoms with Crippen LogP contribution in [0, 0.1) is 0 Å². The number of carbonyl (C=O) groups is 2. The van der Waals surface area contributed by atoms with E-state index in [1.165, 1.54) is 25.1 Å². The minimum Gasteiger partial charge on any atom is -0.497 e. The van der Waals surface area contributed by atoms with Crippen molar-refractivity contribution in [3.8, 4) is 5.75 Å². The molecule has 0 spiro atoms. The zero-order valence-electron chi connectivity index (χ0n) is 21.2. The topological polar surface area (TPSA) is 96.0 Å². The van der Waals surface area contributed by atoms with Gasteiger partial charge in [0.05, 0.1) is 19.1 Å². The smallest absolute Gasteiger partial charge is 0.244 e. The molecule has 0 fully saturated rings. The zero-order chi connectivity index (χ0) is 27.9. The molecule has 0 bridgehead atoms. The number of halogens is 2. The molecule has 38 heavy (non-hydrogen) atoms. The van der Waals surface area contributed by atoms with E-state index in [1.807, 2.05) is 30.3 Å². The van der Waals surface area contributed by atoms with E-state index in [-0.39, 0.29) is 18.7 Å². The van der Waals surface area contributed by atoms with Gasteiger partial charge in [-0.1, -0.05) is 65.7 Å². The van der Waals surface area contributed by atoms with Crippen molar-refractivity contribution in [3.63, 3.8) is 0 Å². The molecule has 0 saturated heterocycles. The van der Waals surface area contributed by atoms with Crippen LogP contribution >= 0.6 is 23.2 Å². The number of anilines is 1. The maximum Gasteiger partial charge on any atom is 0.244 e. The van der Waals surface area contributed by atoms with Gasteiger partial charge in [0.1, 0.15) is 18.3 Å². The van der Waals surface area contributed by atoms with E-state index in [2.05, 4.69) is 5.32 Å². The molecule has 0 aliphatic carbocycles. The van der Waals surface area contributed by atoms with Gasteiger partial charge in [-0.25, -0.2) is 8.42 Å². The molecule has 0 aliphatic heterocycles. The summed E-state index contributed by atoms with van der Waals surface area (Å²) in [6.45, 7) is -0.672. The van der Waals surface area contributed by atoms with Crippen LogP contribution in [0.5, 0.6) is 5.75 Å². The molecule has 3 rings (SSSR count). The standard InChI is InChI=1S/C27H29Cl2N3O5S/c1-30-27(34)25(15-19-9-5-4-6-10-19)31(17-22-23(28)13-8-14-24(22)29)26(33)18-32(38(3,35)36)20-11-7-12-21(16-20)37-2/h4-14,16,25H,15,17-18H2,1-3H3,(H,30,34)/t25-/m1/s1. The molecule has 3 aromatic carbocycles.